The maximum Gasteiger partial charge on any atom is 0.227 e. The first-order chi connectivity index (χ1) is 14.0. The van der Waals surface area contributed by atoms with Crippen LogP contribution in [0.3, 0.4) is 0 Å². The van der Waals surface area contributed by atoms with Crippen molar-refractivity contribution < 1.29 is 14.3 Å². The molecule has 2 aliphatic heterocycles. The van der Waals surface area contributed by atoms with Gasteiger partial charge in [0.1, 0.15) is 11.6 Å². The molecule has 0 unspecified atom stereocenters. The maximum absolute atomic E-state index is 12.7. The van der Waals surface area contributed by atoms with Crippen molar-refractivity contribution >= 4 is 11.8 Å². The van der Waals surface area contributed by atoms with Gasteiger partial charge in [0.2, 0.25) is 11.8 Å². The quantitative estimate of drug-likeness (QED) is 0.792. The van der Waals surface area contributed by atoms with Crippen LogP contribution in [0.25, 0.3) is 0 Å². The molecule has 29 heavy (non-hydrogen) atoms. The van der Waals surface area contributed by atoms with Gasteiger partial charge in [0.05, 0.1) is 19.2 Å². The number of carbonyl (C=O) groups is 2. The van der Waals surface area contributed by atoms with Gasteiger partial charge in [0.25, 0.3) is 0 Å². The Labute approximate surface area is 170 Å². The fourth-order valence-electron chi connectivity index (χ4n) is 4.06. The van der Waals surface area contributed by atoms with E-state index in [9.17, 15) is 9.59 Å². The lowest BCUT2D eigenvalue weighted by Crippen LogP contribution is -2.35. The Kier molecular flexibility index (Phi) is 5.47. The molecule has 1 aromatic carbocycles. The molecule has 7 heteroatoms. The number of methoxy groups -OCH3 is 1. The molecule has 4 rings (SSSR count). The second kappa shape index (κ2) is 8.19. The SMILES string of the molecule is COc1cccc(CC(=O)N2CC[C@H](c3ncc4c(n3)CCN(C(C)=O)C4)C2)c1. The van der Waals surface area contributed by atoms with E-state index in [0.29, 0.717) is 26.1 Å². The molecular weight excluding hydrogens is 368 g/mol. The number of aromatic nitrogens is 2. The summed E-state index contributed by atoms with van der Waals surface area (Å²) in [5.41, 5.74) is 3.02. The van der Waals surface area contributed by atoms with Crippen molar-refractivity contribution in [1.29, 1.82) is 0 Å². The van der Waals surface area contributed by atoms with Gasteiger partial charge in [0.15, 0.2) is 0 Å². The minimum atomic E-state index is 0.0840. The molecule has 1 atom stereocenters. The number of fused-ring (bicyclic) bond motifs is 1. The summed E-state index contributed by atoms with van der Waals surface area (Å²) in [7, 11) is 1.63. The molecule has 0 saturated carbocycles. The Morgan fingerprint density at radius 3 is 2.90 bits per heavy atom. The van der Waals surface area contributed by atoms with Crippen molar-refractivity contribution in [1.82, 2.24) is 19.8 Å². The third kappa shape index (κ3) is 4.23. The van der Waals surface area contributed by atoms with Crippen molar-refractivity contribution in [2.45, 2.75) is 38.6 Å². The highest BCUT2D eigenvalue weighted by Gasteiger charge is 2.30. The van der Waals surface area contributed by atoms with Crippen LogP contribution < -0.4 is 4.74 Å². The summed E-state index contributed by atoms with van der Waals surface area (Å²) in [5.74, 6) is 1.95. The number of likely N-dealkylation sites (tertiary alicyclic amines) is 1. The van der Waals surface area contributed by atoms with Crippen molar-refractivity contribution in [3.05, 3.63) is 53.1 Å². The average molecular weight is 394 g/mol. The fourth-order valence-corrected chi connectivity index (χ4v) is 4.06. The Morgan fingerprint density at radius 1 is 1.24 bits per heavy atom. The topological polar surface area (TPSA) is 75.6 Å². The van der Waals surface area contributed by atoms with Crippen LogP contribution in [0.15, 0.2) is 30.5 Å². The van der Waals surface area contributed by atoms with Gasteiger partial charge >= 0.3 is 0 Å². The van der Waals surface area contributed by atoms with E-state index >= 15 is 0 Å². The van der Waals surface area contributed by atoms with E-state index in [1.54, 1.807) is 14.0 Å². The van der Waals surface area contributed by atoms with E-state index in [2.05, 4.69) is 4.98 Å². The lowest BCUT2D eigenvalue weighted by atomic mass is 10.0. The third-order valence-corrected chi connectivity index (χ3v) is 5.79. The molecule has 2 aliphatic rings. The summed E-state index contributed by atoms with van der Waals surface area (Å²) in [6, 6.07) is 7.64. The summed E-state index contributed by atoms with van der Waals surface area (Å²) >= 11 is 0. The minimum absolute atomic E-state index is 0.0840. The van der Waals surface area contributed by atoms with E-state index in [0.717, 1.165) is 47.8 Å². The molecule has 3 heterocycles. The molecule has 2 amide bonds. The Bertz CT molecular complexity index is 930. The Hall–Kier alpha value is -2.96. The maximum atomic E-state index is 12.7. The molecule has 1 aromatic heterocycles. The zero-order valence-electron chi connectivity index (χ0n) is 16.9. The van der Waals surface area contributed by atoms with Crippen LogP contribution in [-0.2, 0) is 29.0 Å². The number of ether oxygens (including phenoxy) is 1. The number of hydrogen-bond donors (Lipinski definition) is 0. The molecule has 0 N–H and O–H groups in total. The van der Waals surface area contributed by atoms with Crippen molar-refractivity contribution in [2.75, 3.05) is 26.7 Å². The Morgan fingerprint density at radius 2 is 2.10 bits per heavy atom. The number of benzene rings is 1. The molecule has 2 aromatic rings. The van der Waals surface area contributed by atoms with Gasteiger partial charge < -0.3 is 14.5 Å². The highest BCUT2D eigenvalue weighted by atomic mass is 16.5. The monoisotopic (exact) mass is 394 g/mol. The zero-order chi connectivity index (χ0) is 20.4. The average Bonchev–Trinajstić information content (AvgIpc) is 3.23. The first-order valence-corrected chi connectivity index (χ1v) is 10.0. The third-order valence-electron chi connectivity index (χ3n) is 5.79. The number of amides is 2. The van der Waals surface area contributed by atoms with E-state index < -0.39 is 0 Å². The highest BCUT2D eigenvalue weighted by molar-refractivity contribution is 5.79. The van der Waals surface area contributed by atoms with Crippen molar-refractivity contribution in [3.63, 3.8) is 0 Å². The number of nitrogens with zero attached hydrogens (tertiary/aromatic N) is 4. The van der Waals surface area contributed by atoms with Crippen molar-refractivity contribution in [2.24, 2.45) is 0 Å². The van der Waals surface area contributed by atoms with E-state index in [4.69, 9.17) is 9.72 Å². The van der Waals surface area contributed by atoms with Crippen LogP contribution in [0, 0.1) is 0 Å². The summed E-state index contributed by atoms with van der Waals surface area (Å²) < 4.78 is 5.24. The van der Waals surface area contributed by atoms with E-state index in [1.165, 1.54) is 0 Å². The van der Waals surface area contributed by atoms with Gasteiger partial charge in [-0.25, -0.2) is 9.97 Å². The fraction of sp³-hybridized carbons (Fsp3) is 0.455. The lowest BCUT2D eigenvalue weighted by Gasteiger charge is -2.27. The molecule has 0 spiro atoms. The molecular formula is C22H26N4O3. The van der Waals surface area contributed by atoms with Crippen LogP contribution in [0.2, 0.25) is 0 Å². The van der Waals surface area contributed by atoms with E-state index in [1.807, 2.05) is 40.3 Å². The predicted molar refractivity (Wildman–Crippen MR) is 107 cm³/mol. The predicted octanol–water partition coefficient (Wildman–Crippen LogP) is 1.95. The highest BCUT2D eigenvalue weighted by Crippen LogP contribution is 2.27. The smallest absolute Gasteiger partial charge is 0.227 e. The molecule has 1 fully saturated rings. The first-order valence-electron chi connectivity index (χ1n) is 10.0. The number of carbonyl (C=O) groups excluding carboxylic acids is 2. The first kappa shape index (κ1) is 19.4. The van der Waals surface area contributed by atoms with Crippen LogP contribution >= 0.6 is 0 Å². The zero-order valence-corrected chi connectivity index (χ0v) is 16.9. The number of hydrogen-bond acceptors (Lipinski definition) is 5. The standard InChI is InChI=1S/C22H26N4O3/c1-15(27)25-9-7-20-18(14-25)12-23-22(24-20)17-6-8-26(13-17)21(28)11-16-4-3-5-19(10-16)29-2/h3-5,10,12,17H,6-9,11,13-14H2,1-2H3/t17-/m0/s1. The molecule has 7 nitrogen and oxygen atoms in total. The molecule has 0 radical (unpaired) electrons. The van der Waals surface area contributed by atoms with Gasteiger partial charge in [-0.3, -0.25) is 9.59 Å². The summed E-state index contributed by atoms with van der Waals surface area (Å²) in [6.07, 6.45) is 3.86. The largest absolute Gasteiger partial charge is 0.497 e. The van der Waals surface area contributed by atoms with Gasteiger partial charge in [-0.2, -0.15) is 0 Å². The minimum Gasteiger partial charge on any atom is -0.497 e. The van der Waals surface area contributed by atoms with Crippen molar-refractivity contribution in [3.8, 4) is 5.75 Å². The lowest BCUT2D eigenvalue weighted by molar-refractivity contribution is -0.130. The molecule has 0 bridgehead atoms. The Balaban J connectivity index is 1.39. The molecule has 152 valence electrons. The summed E-state index contributed by atoms with van der Waals surface area (Å²) in [4.78, 5) is 37.4. The van der Waals surface area contributed by atoms with Crippen LogP contribution in [-0.4, -0.2) is 58.3 Å². The number of rotatable bonds is 4. The van der Waals surface area contributed by atoms with Crippen LogP contribution in [0.1, 0.15) is 41.9 Å². The summed E-state index contributed by atoms with van der Waals surface area (Å²) in [6.45, 7) is 4.26. The van der Waals surface area contributed by atoms with Gasteiger partial charge in [0, 0.05) is 57.2 Å². The van der Waals surface area contributed by atoms with Gasteiger partial charge in [-0.05, 0) is 24.1 Å². The normalized spacial score (nSPS) is 18.5. The molecule has 1 saturated heterocycles. The summed E-state index contributed by atoms with van der Waals surface area (Å²) in [5, 5.41) is 0. The molecule has 0 aliphatic carbocycles. The van der Waals surface area contributed by atoms with Gasteiger partial charge in [-0.1, -0.05) is 12.1 Å². The van der Waals surface area contributed by atoms with E-state index in [-0.39, 0.29) is 17.7 Å². The van der Waals surface area contributed by atoms with Crippen LogP contribution in [0.4, 0.5) is 0 Å². The van der Waals surface area contributed by atoms with Gasteiger partial charge in [-0.15, -0.1) is 0 Å². The second-order valence-corrected chi connectivity index (χ2v) is 7.74. The second-order valence-electron chi connectivity index (χ2n) is 7.74. The van der Waals surface area contributed by atoms with Crippen LogP contribution in [0.5, 0.6) is 5.75 Å².